The maximum atomic E-state index is 14.3. The van der Waals surface area contributed by atoms with E-state index < -0.39 is 32.6 Å². The van der Waals surface area contributed by atoms with Crippen molar-refractivity contribution in [3.8, 4) is 0 Å². The lowest BCUT2D eigenvalue weighted by molar-refractivity contribution is -0.236. The van der Waals surface area contributed by atoms with E-state index >= 15 is 0 Å². The fraction of sp³-hybridized carbons (Fsp3) is 1.00. The molecule has 1 atom stereocenters. The highest BCUT2D eigenvalue weighted by Crippen LogP contribution is 2.66. The van der Waals surface area contributed by atoms with E-state index in [9.17, 15) is 26.0 Å². The molecule has 3 nitrogen and oxygen atoms in total. The summed E-state index contributed by atoms with van der Waals surface area (Å²) < 4.78 is 86.0. The quantitative estimate of drug-likeness (QED) is 0.620. The molecule has 0 aromatic carbocycles. The van der Waals surface area contributed by atoms with Gasteiger partial charge in [0.15, 0.2) is 0 Å². The molecule has 4 rings (SSSR count). The topological polar surface area (TPSA) is 54.4 Å². The molecule has 0 amide bonds. The molecule has 22 heavy (non-hydrogen) atoms. The second kappa shape index (κ2) is 4.59. The second-order valence-corrected chi connectivity index (χ2v) is 9.08. The standard InChI is InChI=1S/C14H20F4O3S/c1-8(13(15,16)14(17,18)22(19,20)21)12-5-9-2-10(6-12)4-11(3-9)7-12/h8-11H,2-7H2,1H3,(H,19,20,21). The lowest BCUT2D eigenvalue weighted by atomic mass is 9.46. The van der Waals surface area contributed by atoms with Gasteiger partial charge in [-0.2, -0.15) is 26.0 Å². The second-order valence-electron chi connectivity index (χ2n) is 7.62. The van der Waals surface area contributed by atoms with E-state index in [1.807, 2.05) is 0 Å². The van der Waals surface area contributed by atoms with E-state index in [-0.39, 0.29) is 17.8 Å². The van der Waals surface area contributed by atoms with Gasteiger partial charge >= 0.3 is 21.3 Å². The molecule has 4 fully saturated rings. The van der Waals surface area contributed by atoms with Crippen LogP contribution in [-0.2, 0) is 10.1 Å². The van der Waals surface area contributed by atoms with Crippen LogP contribution >= 0.6 is 0 Å². The normalized spacial score (nSPS) is 40.0. The predicted molar refractivity (Wildman–Crippen MR) is 71.2 cm³/mol. The van der Waals surface area contributed by atoms with Crippen LogP contribution in [-0.4, -0.2) is 24.1 Å². The van der Waals surface area contributed by atoms with Gasteiger partial charge in [-0.1, -0.05) is 6.92 Å². The molecule has 0 radical (unpaired) electrons. The van der Waals surface area contributed by atoms with Gasteiger partial charge in [-0.25, -0.2) is 0 Å². The largest absolute Gasteiger partial charge is 0.431 e. The van der Waals surface area contributed by atoms with Gasteiger partial charge in [0, 0.05) is 5.92 Å². The summed E-state index contributed by atoms with van der Waals surface area (Å²) in [6.07, 6.45) is 4.26. The summed E-state index contributed by atoms with van der Waals surface area (Å²) in [4.78, 5) is 0. The predicted octanol–water partition coefficient (Wildman–Crippen LogP) is 3.95. The Labute approximate surface area is 127 Å². The van der Waals surface area contributed by atoms with Crippen molar-refractivity contribution >= 4 is 10.1 Å². The molecular formula is C14H20F4O3S. The van der Waals surface area contributed by atoms with Crippen molar-refractivity contribution < 1.29 is 30.5 Å². The summed E-state index contributed by atoms with van der Waals surface area (Å²) in [5.74, 6) is -5.73. The summed E-state index contributed by atoms with van der Waals surface area (Å²) in [5.41, 5.74) is -0.938. The van der Waals surface area contributed by atoms with Crippen LogP contribution in [0.2, 0.25) is 0 Å². The van der Waals surface area contributed by atoms with Gasteiger partial charge in [0.2, 0.25) is 0 Å². The van der Waals surface area contributed by atoms with Crippen LogP contribution in [0.3, 0.4) is 0 Å². The molecule has 1 unspecified atom stereocenters. The molecule has 0 heterocycles. The Hall–Kier alpha value is -0.370. The average Bonchev–Trinajstić information content (AvgIpc) is 2.34. The van der Waals surface area contributed by atoms with Crippen LogP contribution in [0.1, 0.15) is 45.4 Å². The van der Waals surface area contributed by atoms with E-state index in [0.717, 1.165) is 26.2 Å². The Bertz CT molecular complexity index is 537. The van der Waals surface area contributed by atoms with Crippen LogP contribution in [0.5, 0.6) is 0 Å². The molecule has 8 heteroatoms. The van der Waals surface area contributed by atoms with Crippen LogP contribution in [0, 0.1) is 29.1 Å². The lowest BCUT2D eigenvalue weighted by Crippen LogP contribution is -2.59. The zero-order valence-electron chi connectivity index (χ0n) is 12.2. The number of halogens is 4. The molecule has 4 bridgehead atoms. The fourth-order valence-electron chi connectivity index (χ4n) is 5.52. The monoisotopic (exact) mass is 344 g/mol. The Kier molecular flexibility index (Phi) is 3.44. The summed E-state index contributed by atoms with van der Waals surface area (Å²) in [6.45, 7) is 1.02. The molecule has 1 N–H and O–H groups in total. The first kappa shape index (κ1) is 16.5. The smallest absolute Gasteiger partial charge is 0.281 e. The van der Waals surface area contributed by atoms with E-state index in [2.05, 4.69) is 0 Å². The minimum atomic E-state index is -6.16. The molecule has 0 spiro atoms. The zero-order valence-corrected chi connectivity index (χ0v) is 13.1. The highest BCUT2D eigenvalue weighted by Gasteiger charge is 2.72. The molecule has 4 saturated carbocycles. The first-order valence-corrected chi connectivity index (χ1v) is 9.06. The highest BCUT2D eigenvalue weighted by atomic mass is 32.2. The molecule has 0 aliphatic heterocycles. The Morgan fingerprint density at radius 3 is 1.68 bits per heavy atom. The molecule has 4 aliphatic rings. The zero-order chi connectivity index (χ0) is 16.6. The summed E-state index contributed by atoms with van der Waals surface area (Å²) >= 11 is 0. The molecule has 0 saturated heterocycles. The van der Waals surface area contributed by atoms with Crippen molar-refractivity contribution in [3.05, 3.63) is 0 Å². The van der Waals surface area contributed by atoms with Gasteiger partial charge in [-0.3, -0.25) is 4.55 Å². The van der Waals surface area contributed by atoms with Crippen LogP contribution in [0.25, 0.3) is 0 Å². The van der Waals surface area contributed by atoms with Crippen molar-refractivity contribution in [2.45, 2.75) is 56.6 Å². The van der Waals surface area contributed by atoms with Gasteiger partial charge in [-0.05, 0) is 61.7 Å². The number of hydrogen-bond acceptors (Lipinski definition) is 2. The van der Waals surface area contributed by atoms with Gasteiger partial charge in [-0.15, -0.1) is 0 Å². The highest BCUT2D eigenvalue weighted by molar-refractivity contribution is 7.87. The van der Waals surface area contributed by atoms with Crippen molar-refractivity contribution in [1.29, 1.82) is 0 Å². The van der Waals surface area contributed by atoms with Crippen molar-refractivity contribution in [2.75, 3.05) is 0 Å². The minimum absolute atomic E-state index is 0.281. The number of hydrogen-bond donors (Lipinski definition) is 1. The SMILES string of the molecule is CC(C12CC3CC(CC(C3)C1)C2)C(F)(F)C(F)(F)S(=O)(=O)O. The number of alkyl halides is 4. The summed E-state index contributed by atoms with van der Waals surface area (Å²) in [6, 6.07) is 0. The summed E-state index contributed by atoms with van der Waals surface area (Å²) in [7, 11) is -6.16. The van der Waals surface area contributed by atoms with Crippen LogP contribution < -0.4 is 0 Å². The van der Waals surface area contributed by atoms with Gasteiger partial charge < -0.3 is 0 Å². The van der Waals surface area contributed by atoms with Crippen molar-refractivity contribution in [3.63, 3.8) is 0 Å². The van der Waals surface area contributed by atoms with Gasteiger partial charge in [0.25, 0.3) is 0 Å². The fourth-order valence-corrected chi connectivity index (χ4v) is 6.04. The maximum Gasteiger partial charge on any atom is 0.431 e. The molecular weight excluding hydrogens is 324 g/mol. The Morgan fingerprint density at radius 1 is 1.00 bits per heavy atom. The number of rotatable bonds is 4. The average molecular weight is 344 g/mol. The first-order valence-electron chi connectivity index (χ1n) is 7.62. The van der Waals surface area contributed by atoms with E-state index in [4.69, 9.17) is 4.55 Å². The third kappa shape index (κ3) is 2.12. The molecule has 0 aromatic heterocycles. The first-order chi connectivity index (χ1) is 9.89. The summed E-state index contributed by atoms with van der Waals surface area (Å²) in [5, 5.41) is -5.46. The maximum absolute atomic E-state index is 14.3. The Balaban J connectivity index is 1.95. The van der Waals surface area contributed by atoms with Crippen LogP contribution in [0.4, 0.5) is 17.6 Å². The van der Waals surface area contributed by atoms with E-state index in [1.165, 1.54) is 0 Å². The minimum Gasteiger partial charge on any atom is -0.281 e. The lowest BCUT2D eigenvalue weighted by Gasteiger charge is -2.60. The third-order valence-corrected chi connectivity index (χ3v) is 7.18. The molecule has 4 aliphatic carbocycles. The molecule has 0 aromatic rings. The van der Waals surface area contributed by atoms with Crippen LogP contribution in [0.15, 0.2) is 0 Å². The Morgan fingerprint density at radius 2 is 1.36 bits per heavy atom. The van der Waals surface area contributed by atoms with Crippen molar-refractivity contribution in [2.24, 2.45) is 29.1 Å². The van der Waals surface area contributed by atoms with Crippen molar-refractivity contribution in [1.82, 2.24) is 0 Å². The van der Waals surface area contributed by atoms with E-state index in [0.29, 0.717) is 19.3 Å². The third-order valence-electron chi connectivity index (χ3n) is 6.26. The van der Waals surface area contributed by atoms with Gasteiger partial charge in [0.1, 0.15) is 0 Å². The van der Waals surface area contributed by atoms with Gasteiger partial charge in [0.05, 0.1) is 0 Å². The molecule has 128 valence electrons. The van der Waals surface area contributed by atoms with E-state index in [1.54, 1.807) is 0 Å².